The molecule has 0 unspecified atom stereocenters. The molecule has 0 fully saturated rings. The molecule has 0 saturated carbocycles. The van der Waals surface area contributed by atoms with Gasteiger partial charge in [-0.2, -0.15) is 0 Å². The summed E-state index contributed by atoms with van der Waals surface area (Å²) in [5.41, 5.74) is 3.49. The number of furan rings is 1. The monoisotopic (exact) mass is 387 g/mol. The van der Waals surface area contributed by atoms with Gasteiger partial charge in [0, 0.05) is 23.7 Å². The van der Waals surface area contributed by atoms with Crippen LogP contribution in [0.3, 0.4) is 0 Å². The lowest BCUT2D eigenvalue weighted by Gasteiger charge is -2.30. The maximum absolute atomic E-state index is 6.26. The maximum atomic E-state index is 6.26. The van der Waals surface area contributed by atoms with Crippen LogP contribution in [-0.4, -0.2) is 16.4 Å². The summed E-state index contributed by atoms with van der Waals surface area (Å²) in [5.74, 6) is 1.35. The fraction of sp³-hybridized carbons (Fsp3) is 0.150. The van der Waals surface area contributed by atoms with E-state index in [0.29, 0.717) is 21.6 Å². The van der Waals surface area contributed by atoms with Gasteiger partial charge in [0.2, 0.25) is 0 Å². The second-order valence-corrected chi connectivity index (χ2v) is 7.26. The van der Waals surface area contributed by atoms with E-state index in [0.717, 1.165) is 30.1 Å². The molecule has 0 N–H and O–H groups in total. The Kier molecular flexibility index (Phi) is 4.55. The van der Waals surface area contributed by atoms with Crippen molar-refractivity contribution in [2.24, 2.45) is 0 Å². The Hall–Kier alpha value is -1.81. The molecule has 2 heterocycles. The van der Waals surface area contributed by atoms with E-state index in [2.05, 4.69) is 29.2 Å². The van der Waals surface area contributed by atoms with Crippen molar-refractivity contribution in [3.63, 3.8) is 0 Å². The molecule has 1 aromatic heterocycles. The standard InChI is InChI=1S/C20H15Cl2NOS/c21-15-5-6-17(22)16(11-15)18-7-8-19(24-18)20(25)23-10-9-13-3-1-2-4-14(13)12-23/h1-8,11H,9-10,12H2. The molecule has 0 spiro atoms. The van der Waals surface area contributed by atoms with Crippen LogP contribution in [-0.2, 0) is 13.0 Å². The molecule has 0 atom stereocenters. The quantitative estimate of drug-likeness (QED) is 0.502. The lowest BCUT2D eigenvalue weighted by Crippen LogP contribution is -2.35. The van der Waals surface area contributed by atoms with Crippen LogP contribution >= 0.6 is 35.4 Å². The van der Waals surface area contributed by atoms with E-state index in [1.165, 1.54) is 11.1 Å². The van der Waals surface area contributed by atoms with Crippen LogP contribution in [0.4, 0.5) is 0 Å². The molecule has 5 heteroatoms. The van der Waals surface area contributed by atoms with Crippen molar-refractivity contribution < 1.29 is 4.42 Å². The molecule has 0 radical (unpaired) electrons. The average molecular weight is 388 g/mol. The van der Waals surface area contributed by atoms with Gasteiger partial charge in [-0.05, 0) is 47.9 Å². The average Bonchev–Trinajstić information content (AvgIpc) is 3.12. The summed E-state index contributed by atoms with van der Waals surface area (Å²) < 4.78 is 5.98. The molecule has 126 valence electrons. The third-order valence-electron chi connectivity index (χ3n) is 4.43. The first kappa shape index (κ1) is 16.6. The Morgan fingerprint density at radius 3 is 2.64 bits per heavy atom. The highest BCUT2D eigenvalue weighted by Crippen LogP contribution is 2.32. The third-order valence-corrected chi connectivity index (χ3v) is 5.45. The van der Waals surface area contributed by atoms with Crippen molar-refractivity contribution in [2.75, 3.05) is 6.54 Å². The minimum Gasteiger partial charge on any atom is -0.454 e. The topological polar surface area (TPSA) is 16.4 Å². The molecule has 4 rings (SSSR count). The maximum Gasteiger partial charge on any atom is 0.162 e. The van der Waals surface area contributed by atoms with Crippen molar-refractivity contribution >= 4 is 40.4 Å². The lowest BCUT2D eigenvalue weighted by atomic mass is 10.00. The summed E-state index contributed by atoms with van der Waals surface area (Å²) in [6, 6.07) is 17.6. The van der Waals surface area contributed by atoms with Gasteiger partial charge in [-0.3, -0.25) is 0 Å². The van der Waals surface area contributed by atoms with Gasteiger partial charge in [-0.15, -0.1) is 0 Å². The Morgan fingerprint density at radius 1 is 1.00 bits per heavy atom. The Bertz CT molecular complexity index is 950. The number of nitrogens with zero attached hydrogens (tertiary/aromatic N) is 1. The molecule has 0 bridgehead atoms. The number of rotatable bonds is 2. The van der Waals surface area contributed by atoms with Gasteiger partial charge in [0.1, 0.15) is 10.7 Å². The van der Waals surface area contributed by atoms with E-state index >= 15 is 0 Å². The zero-order chi connectivity index (χ0) is 17.4. The van der Waals surface area contributed by atoms with Crippen molar-refractivity contribution in [3.8, 4) is 11.3 Å². The molecule has 1 aliphatic heterocycles. The van der Waals surface area contributed by atoms with Gasteiger partial charge in [-0.25, -0.2) is 0 Å². The van der Waals surface area contributed by atoms with Gasteiger partial charge < -0.3 is 9.32 Å². The first-order valence-electron chi connectivity index (χ1n) is 8.03. The fourth-order valence-electron chi connectivity index (χ4n) is 3.11. The fourth-order valence-corrected chi connectivity index (χ4v) is 3.76. The molecule has 0 saturated heterocycles. The third kappa shape index (κ3) is 3.32. The molecular weight excluding hydrogens is 373 g/mol. The summed E-state index contributed by atoms with van der Waals surface area (Å²) in [6.45, 7) is 1.70. The Balaban J connectivity index is 1.58. The van der Waals surface area contributed by atoms with Crippen LogP contribution in [0.2, 0.25) is 10.0 Å². The van der Waals surface area contributed by atoms with Gasteiger partial charge in [0.25, 0.3) is 0 Å². The number of halogens is 2. The summed E-state index contributed by atoms with van der Waals surface area (Å²) in [7, 11) is 0. The minimum absolute atomic E-state index is 0.600. The van der Waals surface area contributed by atoms with Crippen LogP contribution in [0, 0.1) is 0 Å². The SMILES string of the molecule is S=C(c1ccc(-c2cc(Cl)ccc2Cl)o1)N1CCc2ccccc2C1. The molecule has 25 heavy (non-hydrogen) atoms. The van der Waals surface area contributed by atoms with Crippen LogP contribution in [0.1, 0.15) is 16.9 Å². The van der Waals surface area contributed by atoms with Crippen LogP contribution in [0.5, 0.6) is 0 Å². The molecule has 2 nitrogen and oxygen atoms in total. The van der Waals surface area contributed by atoms with Crippen molar-refractivity contribution in [1.29, 1.82) is 0 Å². The largest absolute Gasteiger partial charge is 0.454 e. The zero-order valence-corrected chi connectivity index (χ0v) is 15.7. The number of benzene rings is 2. The van der Waals surface area contributed by atoms with E-state index in [4.69, 9.17) is 39.8 Å². The number of hydrogen-bond donors (Lipinski definition) is 0. The summed E-state index contributed by atoms with van der Waals surface area (Å²) >= 11 is 18.0. The van der Waals surface area contributed by atoms with E-state index < -0.39 is 0 Å². The number of thiocarbonyl (C=S) groups is 1. The van der Waals surface area contributed by atoms with Gasteiger partial charge >= 0.3 is 0 Å². The first-order chi connectivity index (χ1) is 12.1. The highest BCUT2D eigenvalue weighted by molar-refractivity contribution is 7.80. The Labute approximate surface area is 162 Å². The minimum atomic E-state index is 0.600. The summed E-state index contributed by atoms with van der Waals surface area (Å²) in [4.78, 5) is 2.90. The smallest absolute Gasteiger partial charge is 0.162 e. The van der Waals surface area contributed by atoms with Crippen molar-refractivity contribution in [3.05, 3.63) is 81.5 Å². The van der Waals surface area contributed by atoms with Gasteiger partial charge in [0.05, 0.1) is 5.02 Å². The predicted molar refractivity (Wildman–Crippen MR) is 106 cm³/mol. The Morgan fingerprint density at radius 2 is 1.80 bits per heavy atom. The first-order valence-corrected chi connectivity index (χ1v) is 9.19. The van der Waals surface area contributed by atoms with Crippen molar-refractivity contribution in [1.82, 2.24) is 4.90 Å². The van der Waals surface area contributed by atoms with E-state index in [1.807, 2.05) is 12.1 Å². The highest BCUT2D eigenvalue weighted by Gasteiger charge is 2.21. The molecule has 0 aliphatic carbocycles. The van der Waals surface area contributed by atoms with Crippen molar-refractivity contribution in [2.45, 2.75) is 13.0 Å². The molecule has 0 amide bonds. The molecule has 2 aromatic carbocycles. The van der Waals surface area contributed by atoms with Crippen LogP contribution in [0.15, 0.2) is 59.0 Å². The van der Waals surface area contributed by atoms with Crippen LogP contribution in [0.25, 0.3) is 11.3 Å². The predicted octanol–water partition coefficient (Wildman–Crippen LogP) is 5.99. The normalized spacial score (nSPS) is 13.6. The van der Waals surface area contributed by atoms with E-state index in [1.54, 1.807) is 18.2 Å². The molecule has 1 aliphatic rings. The second-order valence-electron chi connectivity index (χ2n) is 6.03. The highest BCUT2D eigenvalue weighted by atomic mass is 35.5. The van der Waals surface area contributed by atoms with Gasteiger partial charge in [0.15, 0.2) is 5.76 Å². The molecule has 3 aromatic rings. The van der Waals surface area contributed by atoms with E-state index in [9.17, 15) is 0 Å². The second kappa shape index (κ2) is 6.83. The summed E-state index contributed by atoms with van der Waals surface area (Å²) in [6.07, 6.45) is 0.990. The number of hydrogen-bond acceptors (Lipinski definition) is 2. The van der Waals surface area contributed by atoms with Crippen LogP contribution < -0.4 is 0 Å². The summed E-state index contributed by atoms with van der Waals surface area (Å²) in [5, 5.41) is 1.22. The van der Waals surface area contributed by atoms with E-state index in [-0.39, 0.29) is 0 Å². The number of fused-ring (bicyclic) bond motifs is 1. The zero-order valence-electron chi connectivity index (χ0n) is 13.3. The molecular formula is C20H15Cl2NOS. The lowest BCUT2D eigenvalue weighted by molar-refractivity contribution is 0.392. The van der Waals surface area contributed by atoms with Gasteiger partial charge in [-0.1, -0.05) is 59.7 Å².